The summed E-state index contributed by atoms with van der Waals surface area (Å²) >= 11 is 1.47. The van der Waals surface area contributed by atoms with E-state index >= 15 is 0 Å². The van der Waals surface area contributed by atoms with Gasteiger partial charge in [0.25, 0.3) is 0 Å². The third kappa shape index (κ3) is 5.91. The van der Waals surface area contributed by atoms with Crippen molar-refractivity contribution in [3.05, 3.63) is 0 Å². The molecule has 0 rings (SSSR count). The van der Waals surface area contributed by atoms with Crippen molar-refractivity contribution >= 4 is 17.9 Å². The van der Waals surface area contributed by atoms with Crippen LogP contribution in [0, 0.1) is 0 Å². The molecule has 0 saturated heterocycles. The predicted molar refractivity (Wildman–Crippen MR) is 42.5 cm³/mol. The summed E-state index contributed by atoms with van der Waals surface area (Å²) in [5.41, 5.74) is 0. The molecule has 0 amide bonds. The molecule has 3 nitrogen and oxygen atoms in total. The minimum Gasteiger partial charge on any atom is -0.453 e. The van der Waals surface area contributed by atoms with Gasteiger partial charge in [0, 0.05) is 6.42 Å². The quantitative estimate of drug-likeness (QED) is 0.353. The second-order valence-corrected chi connectivity index (χ2v) is 3.15. The van der Waals surface area contributed by atoms with Crippen molar-refractivity contribution in [1.29, 1.82) is 0 Å². The van der Waals surface area contributed by atoms with Gasteiger partial charge in [0.2, 0.25) is 0 Å². The average molecular weight is 163 g/mol. The number of rotatable bonds is 4. The Morgan fingerprint density at radius 2 is 2.20 bits per heavy atom. The molecule has 0 radical (unpaired) electrons. The van der Waals surface area contributed by atoms with Crippen LogP contribution in [0.3, 0.4) is 0 Å². The molecule has 0 aliphatic carbocycles. The van der Waals surface area contributed by atoms with Gasteiger partial charge in [-0.1, -0.05) is 6.92 Å². The lowest BCUT2D eigenvalue weighted by Crippen LogP contribution is -2.06. The van der Waals surface area contributed by atoms with E-state index in [0.29, 0.717) is 12.4 Å². The molecule has 0 N–H and O–H groups in total. The summed E-state index contributed by atoms with van der Waals surface area (Å²) < 4.78 is 6.68. The van der Waals surface area contributed by atoms with Crippen molar-refractivity contribution in [2.24, 2.45) is 0 Å². The fourth-order valence-electron chi connectivity index (χ4n) is 0.300. The fraction of sp³-hybridized carbons (Fsp3) is 0.833. The Balaban J connectivity index is 3.12. The van der Waals surface area contributed by atoms with Crippen molar-refractivity contribution < 1.29 is 9.53 Å². The molecule has 0 aromatic heterocycles. The summed E-state index contributed by atoms with van der Waals surface area (Å²) in [6.45, 7) is 1.78. The Morgan fingerprint density at radius 3 is 2.60 bits per heavy atom. The van der Waals surface area contributed by atoms with E-state index in [9.17, 15) is 4.79 Å². The average Bonchev–Trinajstić information content (AvgIpc) is 1.87. The van der Waals surface area contributed by atoms with Gasteiger partial charge in [-0.25, -0.2) is 0 Å². The Labute approximate surface area is 65.9 Å². The summed E-state index contributed by atoms with van der Waals surface area (Å²) in [7, 11) is 3.81. The number of esters is 1. The van der Waals surface area contributed by atoms with E-state index in [1.807, 2.05) is 18.4 Å². The highest BCUT2D eigenvalue weighted by molar-refractivity contribution is 7.96. The molecule has 4 heteroatoms. The number of hydrogen-bond donors (Lipinski definition) is 0. The molecule has 0 bridgehead atoms. The highest BCUT2D eigenvalue weighted by atomic mass is 32.2. The Hall–Kier alpha value is -0.220. The van der Waals surface area contributed by atoms with Gasteiger partial charge >= 0.3 is 5.97 Å². The van der Waals surface area contributed by atoms with Gasteiger partial charge in [-0.05, 0) is 26.0 Å². The third-order valence-electron chi connectivity index (χ3n) is 0.819. The molecule has 0 unspecified atom stereocenters. The first-order valence-corrected chi connectivity index (χ1v) is 4.07. The van der Waals surface area contributed by atoms with Gasteiger partial charge in [0.1, 0.15) is 0 Å². The predicted octanol–water partition coefficient (Wildman–Crippen LogP) is 1.11. The standard InChI is InChI=1S/C6H13NO2S/c1-4-6(8)9-5-10-7(2)3/h4-5H2,1-3H3. The van der Waals surface area contributed by atoms with Gasteiger partial charge in [-0.2, -0.15) is 0 Å². The molecular weight excluding hydrogens is 150 g/mol. The summed E-state index contributed by atoms with van der Waals surface area (Å²) in [5.74, 6) is 0.272. The van der Waals surface area contributed by atoms with Crippen molar-refractivity contribution in [3.8, 4) is 0 Å². The molecule has 0 saturated carbocycles. The maximum Gasteiger partial charge on any atom is 0.306 e. The molecule has 0 heterocycles. The van der Waals surface area contributed by atoms with Gasteiger partial charge in [-0.3, -0.25) is 9.10 Å². The van der Waals surface area contributed by atoms with Crippen LogP contribution in [0.15, 0.2) is 0 Å². The van der Waals surface area contributed by atoms with E-state index in [2.05, 4.69) is 0 Å². The van der Waals surface area contributed by atoms with Gasteiger partial charge < -0.3 is 4.74 Å². The van der Waals surface area contributed by atoms with Crippen LogP contribution in [0.2, 0.25) is 0 Å². The largest absolute Gasteiger partial charge is 0.453 e. The third-order valence-corrected chi connectivity index (χ3v) is 1.56. The SMILES string of the molecule is CCC(=O)OCSN(C)C. The van der Waals surface area contributed by atoms with Crippen LogP contribution in [0.5, 0.6) is 0 Å². The van der Waals surface area contributed by atoms with E-state index in [0.717, 1.165) is 0 Å². The summed E-state index contributed by atoms with van der Waals surface area (Å²) in [6.07, 6.45) is 0.452. The zero-order valence-electron chi connectivity index (χ0n) is 6.59. The minimum absolute atomic E-state index is 0.144. The van der Waals surface area contributed by atoms with Gasteiger partial charge in [-0.15, -0.1) is 0 Å². The fourth-order valence-corrected chi connectivity index (χ4v) is 0.695. The van der Waals surface area contributed by atoms with Gasteiger partial charge in [0.05, 0.1) is 0 Å². The van der Waals surface area contributed by atoms with Crippen molar-refractivity contribution in [1.82, 2.24) is 4.31 Å². The van der Waals surface area contributed by atoms with E-state index in [-0.39, 0.29) is 5.97 Å². The lowest BCUT2D eigenvalue weighted by atomic mass is 10.5. The lowest BCUT2D eigenvalue weighted by molar-refractivity contribution is -0.141. The number of hydrogen-bond acceptors (Lipinski definition) is 4. The molecule has 0 spiro atoms. The van der Waals surface area contributed by atoms with Crippen molar-refractivity contribution in [3.63, 3.8) is 0 Å². The molecule has 10 heavy (non-hydrogen) atoms. The second kappa shape index (κ2) is 5.56. The second-order valence-electron chi connectivity index (χ2n) is 1.93. The molecule has 0 fully saturated rings. The van der Waals surface area contributed by atoms with Gasteiger partial charge in [0.15, 0.2) is 5.94 Å². The van der Waals surface area contributed by atoms with E-state index in [1.165, 1.54) is 11.9 Å². The Kier molecular flexibility index (Phi) is 5.43. The minimum atomic E-state index is -0.144. The van der Waals surface area contributed by atoms with Crippen LogP contribution in [-0.4, -0.2) is 30.3 Å². The number of carbonyl (C=O) groups excluding carboxylic acids is 1. The smallest absolute Gasteiger partial charge is 0.306 e. The monoisotopic (exact) mass is 163 g/mol. The molecule has 0 aliphatic rings. The number of ether oxygens (including phenoxy) is 1. The first kappa shape index (κ1) is 9.78. The summed E-state index contributed by atoms with van der Waals surface area (Å²) in [4.78, 5) is 10.5. The van der Waals surface area contributed by atoms with Crippen LogP contribution in [0.1, 0.15) is 13.3 Å². The number of carbonyl (C=O) groups is 1. The summed E-state index contributed by atoms with van der Waals surface area (Å²) in [5, 5.41) is 0. The van der Waals surface area contributed by atoms with E-state index in [1.54, 1.807) is 6.92 Å². The zero-order chi connectivity index (χ0) is 7.98. The van der Waals surface area contributed by atoms with Crippen LogP contribution in [0.25, 0.3) is 0 Å². The molecule has 0 aliphatic heterocycles. The molecule has 60 valence electrons. The first-order valence-electron chi connectivity index (χ1n) is 3.12. The van der Waals surface area contributed by atoms with Crippen LogP contribution >= 0.6 is 11.9 Å². The maximum absolute atomic E-state index is 10.5. The van der Waals surface area contributed by atoms with Crippen LogP contribution in [-0.2, 0) is 9.53 Å². The van der Waals surface area contributed by atoms with Crippen molar-refractivity contribution in [2.75, 3.05) is 20.0 Å². The summed E-state index contributed by atoms with van der Waals surface area (Å²) in [6, 6.07) is 0. The van der Waals surface area contributed by atoms with E-state index in [4.69, 9.17) is 4.74 Å². The first-order chi connectivity index (χ1) is 4.66. The lowest BCUT2D eigenvalue weighted by Gasteiger charge is -2.07. The zero-order valence-corrected chi connectivity index (χ0v) is 7.40. The highest BCUT2D eigenvalue weighted by Crippen LogP contribution is 2.03. The molecule has 0 aromatic carbocycles. The highest BCUT2D eigenvalue weighted by Gasteiger charge is 1.97. The van der Waals surface area contributed by atoms with E-state index < -0.39 is 0 Å². The topological polar surface area (TPSA) is 29.5 Å². The number of nitrogens with zero attached hydrogens (tertiary/aromatic N) is 1. The molecule has 0 atom stereocenters. The molecule has 0 aromatic rings. The Bertz CT molecular complexity index is 106. The molecular formula is C6H13NO2S. The Morgan fingerprint density at radius 1 is 1.60 bits per heavy atom. The normalized spacial score (nSPS) is 10.0. The van der Waals surface area contributed by atoms with Crippen molar-refractivity contribution in [2.45, 2.75) is 13.3 Å². The maximum atomic E-state index is 10.5. The van der Waals surface area contributed by atoms with Crippen LogP contribution < -0.4 is 0 Å². The van der Waals surface area contributed by atoms with Crippen LogP contribution in [0.4, 0.5) is 0 Å².